The molecule has 0 radical (unpaired) electrons. The van der Waals surface area contributed by atoms with Gasteiger partial charge in [0.2, 0.25) is 0 Å². The number of nitrogens with one attached hydrogen (secondary N) is 1. The van der Waals surface area contributed by atoms with E-state index in [9.17, 15) is 0 Å². The molecular weight excluding hydrogens is 265 g/mol. The molecule has 18 heavy (non-hydrogen) atoms. The second-order valence-electron chi connectivity index (χ2n) is 5.21. The van der Waals surface area contributed by atoms with E-state index >= 15 is 0 Å². The van der Waals surface area contributed by atoms with E-state index in [0.29, 0.717) is 27.9 Å². The van der Waals surface area contributed by atoms with Gasteiger partial charge in [-0.05, 0) is 49.4 Å². The van der Waals surface area contributed by atoms with Crippen LogP contribution in [0.1, 0.15) is 33.3 Å². The van der Waals surface area contributed by atoms with Crippen molar-refractivity contribution in [1.82, 2.24) is 5.32 Å². The number of halogens is 2. The maximum Gasteiger partial charge on any atom is 0.0595 e. The summed E-state index contributed by atoms with van der Waals surface area (Å²) in [5, 5.41) is 4.79. The Morgan fingerprint density at radius 3 is 2.28 bits per heavy atom. The Morgan fingerprint density at radius 1 is 1.11 bits per heavy atom. The molecule has 1 N–H and O–H groups in total. The number of rotatable bonds is 6. The van der Waals surface area contributed by atoms with Crippen LogP contribution in [0.2, 0.25) is 10.0 Å². The van der Waals surface area contributed by atoms with E-state index in [0.717, 1.165) is 13.0 Å². The molecule has 0 aromatic heterocycles. The third kappa shape index (κ3) is 4.46. The van der Waals surface area contributed by atoms with Gasteiger partial charge in [-0.1, -0.05) is 50.0 Å². The number of benzene rings is 1. The van der Waals surface area contributed by atoms with Crippen molar-refractivity contribution < 1.29 is 0 Å². The summed E-state index contributed by atoms with van der Waals surface area (Å²) in [6.07, 6.45) is 1.03. The third-order valence-corrected chi connectivity index (χ3v) is 4.22. The minimum absolute atomic E-state index is 0.504. The van der Waals surface area contributed by atoms with Crippen molar-refractivity contribution in [2.24, 2.45) is 11.8 Å². The Morgan fingerprint density at radius 2 is 1.78 bits per heavy atom. The summed E-state index contributed by atoms with van der Waals surface area (Å²) in [4.78, 5) is 0. The molecule has 0 fully saturated rings. The van der Waals surface area contributed by atoms with Crippen molar-refractivity contribution in [2.75, 3.05) is 6.54 Å². The molecular formula is C15H23Cl2N. The lowest BCUT2D eigenvalue weighted by Crippen LogP contribution is -2.37. The van der Waals surface area contributed by atoms with Crippen LogP contribution in [0.15, 0.2) is 18.2 Å². The maximum atomic E-state index is 6.07. The van der Waals surface area contributed by atoms with Crippen molar-refractivity contribution in [1.29, 1.82) is 0 Å². The van der Waals surface area contributed by atoms with Crippen molar-refractivity contribution in [3.05, 3.63) is 33.8 Å². The summed E-state index contributed by atoms with van der Waals surface area (Å²) in [7, 11) is 0. The molecule has 2 unspecified atom stereocenters. The van der Waals surface area contributed by atoms with Gasteiger partial charge in [0.25, 0.3) is 0 Å². The lowest BCUT2D eigenvalue weighted by Gasteiger charge is -2.28. The highest BCUT2D eigenvalue weighted by Gasteiger charge is 2.20. The number of hydrogen-bond donors (Lipinski definition) is 1. The molecule has 102 valence electrons. The average Bonchev–Trinajstić information content (AvgIpc) is 2.30. The molecule has 0 aliphatic carbocycles. The van der Waals surface area contributed by atoms with E-state index in [1.54, 1.807) is 0 Å². The van der Waals surface area contributed by atoms with E-state index < -0.39 is 0 Å². The molecule has 0 amide bonds. The fraction of sp³-hybridized carbons (Fsp3) is 0.600. The molecule has 3 heteroatoms. The second-order valence-corrected chi connectivity index (χ2v) is 6.02. The zero-order valence-corrected chi connectivity index (χ0v) is 13.1. The van der Waals surface area contributed by atoms with Crippen molar-refractivity contribution in [2.45, 2.75) is 40.2 Å². The van der Waals surface area contributed by atoms with E-state index in [2.05, 4.69) is 39.1 Å². The van der Waals surface area contributed by atoms with Gasteiger partial charge < -0.3 is 5.32 Å². The lowest BCUT2D eigenvalue weighted by atomic mass is 9.84. The highest BCUT2D eigenvalue weighted by molar-refractivity contribution is 6.42. The van der Waals surface area contributed by atoms with Crippen LogP contribution in [-0.4, -0.2) is 12.6 Å². The highest BCUT2D eigenvalue weighted by atomic mass is 35.5. The average molecular weight is 288 g/mol. The Bertz CT molecular complexity index is 377. The molecule has 0 saturated carbocycles. The fourth-order valence-electron chi connectivity index (χ4n) is 2.40. The van der Waals surface area contributed by atoms with Crippen LogP contribution in [0, 0.1) is 11.8 Å². The van der Waals surface area contributed by atoms with Gasteiger partial charge in [0, 0.05) is 6.04 Å². The van der Waals surface area contributed by atoms with Crippen LogP contribution in [0.25, 0.3) is 0 Å². The van der Waals surface area contributed by atoms with Crippen LogP contribution in [-0.2, 0) is 6.42 Å². The maximum absolute atomic E-state index is 6.07. The Kier molecular flexibility index (Phi) is 6.48. The molecule has 1 aromatic carbocycles. The number of hydrogen-bond acceptors (Lipinski definition) is 1. The lowest BCUT2D eigenvalue weighted by molar-refractivity contribution is 0.292. The van der Waals surface area contributed by atoms with E-state index in [1.807, 2.05) is 12.1 Å². The zero-order chi connectivity index (χ0) is 13.7. The Hall–Kier alpha value is -0.240. The Balaban J connectivity index is 2.79. The predicted molar refractivity (Wildman–Crippen MR) is 81.6 cm³/mol. The van der Waals surface area contributed by atoms with Gasteiger partial charge in [-0.15, -0.1) is 0 Å². The normalized spacial score (nSPS) is 14.8. The fourth-order valence-corrected chi connectivity index (χ4v) is 2.72. The van der Waals surface area contributed by atoms with E-state index in [4.69, 9.17) is 23.2 Å². The summed E-state index contributed by atoms with van der Waals surface area (Å²) in [5.41, 5.74) is 1.26. The van der Waals surface area contributed by atoms with Gasteiger partial charge in [0.15, 0.2) is 0 Å². The summed E-state index contributed by atoms with van der Waals surface area (Å²) < 4.78 is 0. The molecule has 1 nitrogen and oxygen atoms in total. The summed E-state index contributed by atoms with van der Waals surface area (Å²) in [5.74, 6) is 1.23. The molecule has 0 heterocycles. The van der Waals surface area contributed by atoms with E-state index in [1.165, 1.54) is 5.56 Å². The van der Waals surface area contributed by atoms with Gasteiger partial charge in [0.05, 0.1) is 10.0 Å². The molecule has 0 bridgehead atoms. The first-order chi connectivity index (χ1) is 8.45. The monoisotopic (exact) mass is 287 g/mol. The topological polar surface area (TPSA) is 12.0 Å². The summed E-state index contributed by atoms with van der Waals surface area (Å²) in [6.45, 7) is 9.95. The minimum atomic E-state index is 0.504. The summed E-state index contributed by atoms with van der Waals surface area (Å²) in [6, 6.07) is 6.44. The van der Waals surface area contributed by atoms with Gasteiger partial charge in [0.1, 0.15) is 0 Å². The van der Waals surface area contributed by atoms with Gasteiger partial charge in [-0.25, -0.2) is 0 Å². The Labute approximate surface area is 121 Å². The van der Waals surface area contributed by atoms with Crippen molar-refractivity contribution in [3.63, 3.8) is 0 Å². The first-order valence-corrected chi connectivity index (χ1v) is 7.38. The van der Waals surface area contributed by atoms with Gasteiger partial charge in [-0.2, -0.15) is 0 Å². The van der Waals surface area contributed by atoms with Crippen LogP contribution >= 0.6 is 23.2 Å². The molecule has 0 aliphatic rings. The van der Waals surface area contributed by atoms with Crippen LogP contribution in [0.5, 0.6) is 0 Å². The largest absolute Gasteiger partial charge is 0.314 e. The predicted octanol–water partition coefficient (Wildman–Crippen LogP) is 4.81. The zero-order valence-electron chi connectivity index (χ0n) is 11.6. The van der Waals surface area contributed by atoms with Crippen LogP contribution in [0.4, 0.5) is 0 Å². The van der Waals surface area contributed by atoms with Crippen molar-refractivity contribution in [3.8, 4) is 0 Å². The van der Waals surface area contributed by atoms with Gasteiger partial charge >= 0.3 is 0 Å². The standard InChI is InChI=1S/C15H23Cl2N/c1-5-18-11(4)13(10(2)3)8-12-6-7-14(16)15(17)9-12/h6-7,9-11,13,18H,5,8H2,1-4H3. The SMILES string of the molecule is CCNC(C)C(Cc1ccc(Cl)c(Cl)c1)C(C)C. The molecule has 1 rings (SSSR count). The first kappa shape index (κ1) is 15.8. The molecule has 0 spiro atoms. The minimum Gasteiger partial charge on any atom is -0.314 e. The van der Waals surface area contributed by atoms with Crippen molar-refractivity contribution >= 4 is 23.2 Å². The third-order valence-electron chi connectivity index (χ3n) is 3.48. The molecule has 0 aliphatic heterocycles. The van der Waals surface area contributed by atoms with Crippen LogP contribution in [0.3, 0.4) is 0 Å². The molecule has 0 saturated heterocycles. The summed E-state index contributed by atoms with van der Waals surface area (Å²) >= 11 is 12.0. The molecule has 1 aromatic rings. The van der Waals surface area contributed by atoms with Gasteiger partial charge in [-0.3, -0.25) is 0 Å². The van der Waals surface area contributed by atoms with E-state index in [-0.39, 0.29) is 0 Å². The smallest absolute Gasteiger partial charge is 0.0595 e. The van der Waals surface area contributed by atoms with Crippen LogP contribution < -0.4 is 5.32 Å². The second kappa shape index (κ2) is 7.37. The quantitative estimate of drug-likeness (QED) is 0.792. The molecule has 2 atom stereocenters. The first-order valence-electron chi connectivity index (χ1n) is 6.63. The highest BCUT2D eigenvalue weighted by Crippen LogP contribution is 2.26.